The summed E-state index contributed by atoms with van der Waals surface area (Å²) in [6.07, 6.45) is 8.30. The van der Waals surface area contributed by atoms with Crippen LogP contribution in [0.4, 0.5) is 34.1 Å². The fraction of sp³-hybridized carbons (Fsp3) is 0.182. The van der Waals surface area contributed by atoms with Gasteiger partial charge in [-0.2, -0.15) is 0 Å². The van der Waals surface area contributed by atoms with Gasteiger partial charge in [0, 0.05) is 109 Å². The zero-order valence-corrected chi connectivity index (χ0v) is 79.7. The monoisotopic (exact) mass is 1790 g/mol. The van der Waals surface area contributed by atoms with Gasteiger partial charge < -0.3 is 23.5 Å². The molecular weight excluding hydrogens is 1690 g/mol. The highest BCUT2D eigenvalue weighted by Crippen LogP contribution is 2.78. The molecule has 2 spiro atoms. The summed E-state index contributed by atoms with van der Waals surface area (Å²) in [4.78, 5) is 5.18. The molecule has 28 rings (SSSR count). The van der Waals surface area contributed by atoms with Gasteiger partial charge in [0.25, 0.3) is 0 Å². The molecule has 18 aromatic carbocycles. The topological polar surface area (TPSA) is 21.3 Å². The second-order valence-corrected chi connectivity index (χ2v) is 43.3. The highest BCUT2D eigenvalue weighted by Gasteiger charge is 2.74. The van der Waals surface area contributed by atoms with Gasteiger partial charge in [0.15, 0.2) is 0 Å². The normalized spacial score (nSPS) is 21.6. The summed E-state index contributed by atoms with van der Waals surface area (Å²) >= 11 is 1.88. The molecule has 4 saturated carbocycles. The molecule has 0 N–H and O–H groups in total. The average Bonchev–Trinajstić information content (AvgIpc) is 1.47. The fourth-order valence-corrected chi connectivity index (χ4v) is 30.6. The lowest BCUT2D eigenvalue weighted by Crippen LogP contribution is -2.52. The minimum Gasteiger partial charge on any atom is -0.310 e. The van der Waals surface area contributed by atoms with Crippen LogP contribution in [0.1, 0.15) is 114 Å². The zero-order chi connectivity index (χ0) is 91.8. The minimum atomic E-state index is -0.365. The number of para-hydroxylation sites is 6. The van der Waals surface area contributed by atoms with Crippen molar-refractivity contribution in [2.24, 2.45) is 41.4 Å². The Labute approximate surface area is 811 Å². The molecule has 5 unspecified atom stereocenters. The van der Waals surface area contributed by atoms with E-state index in [0.29, 0.717) is 29.6 Å². The highest BCUT2D eigenvalue weighted by molar-refractivity contribution is 7.26. The van der Waals surface area contributed by atoms with Crippen LogP contribution in [0.5, 0.6) is 0 Å². The number of hydrogen-bond acceptors (Lipinski definition) is 3. The number of benzene rings is 18. The molecular formula is C132H107N5S. The van der Waals surface area contributed by atoms with Crippen LogP contribution in [0.25, 0.3) is 158 Å². The van der Waals surface area contributed by atoms with Gasteiger partial charge in [-0.3, -0.25) is 0 Å². The molecule has 0 amide bonds. The van der Waals surface area contributed by atoms with E-state index in [1.807, 2.05) is 11.3 Å². The van der Waals surface area contributed by atoms with E-state index in [4.69, 9.17) is 0 Å². The lowest BCUT2D eigenvalue weighted by molar-refractivity contribution is 0.0690. The van der Waals surface area contributed by atoms with Crippen LogP contribution in [-0.4, -0.2) is 13.7 Å². The molecule has 666 valence electrons. The van der Waals surface area contributed by atoms with Gasteiger partial charge in [-0.15, -0.1) is 11.3 Å². The first-order valence-electron chi connectivity index (χ1n) is 50.4. The van der Waals surface area contributed by atoms with Gasteiger partial charge in [-0.05, 0) is 303 Å². The zero-order valence-electron chi connectivity index (χ0n) is 78.9. The van der Waals surface area contributed by atoms with Crippen molar-refractivity contribution in [2.75, 3.05) is 9.80 Å². The first-order valence-corrected chi connectivity index (χ1v) is 51.2. The van der Waals surface area contributed by atoms with Crippen LogP contribution in [0.3, 0.4) is 0 Å². The SMILES string of the molecule is CC(C)CC1CC2(c3ccccc3-n3c4ccccc4c4cc(N(c5ccc(-c6ccccc6-c6cccc7sc8ccccc8c67)cc5)c5cccc(-c6ccccc6)c5)cc2c43)[C@@H](C)C[C@]1(C)c1ccc(-c2ccc(N(c3ccc(-c4ccc(-n5c6ccccc6c6ccccc65)cc4)cc3)c3ccc4c5c3c3ccccc3n5-c3ccccc3[C@]3(C)C5C[C@H]6CC(C)C[C@@H](C5)C463)cc2)cc1. The van der Waals surface area contributed by atoms with Gasteiger partial charge in [-0.1, -0.05) is 327 Å². The van der Waals surface area contributed by atoms with Crippen LogP contribution in [0, 0.1) is 41.4 Å². The summed E-state index contributed by atoms with van der Waals surface area (Å²) in [5, 5.41) is 10.4. The van der Waals surface area contributed by atoms with Crippen molar-refractivity contribution < 1.29 is 0 Å². The third-order valence-electron chi connectivity index (χ3n) is 35.0. The maximum absolute atomic E-state index is 2.74. The summed E-state index contributed by atoms with van der Waals surface area (Å²) < 4.78 is 10.4. The summed E-state index contributed by atoms with van der Waals surface area (Å²) in [6, 6.07) is 159. The molecule has 2 aliphatic heterocycles. The Morgan fingerprint density at radius 2 is 0.819 bits per heavy atom. The number of anilines is 6. The predicted octanol–water partition coefficient (Wildman–Crippen LogP) is 35.9. The molecule has 5 nitrogen and oxygen atoms in total. The van der Waals surface area contributed by atoms with Crippen molar-refractivity contribution in [1.29, 1.82) is 0 Å². The lowest BCUT2D eigenvalue weighted by atomic mass is 9.47. The van der Waals surface area contributed by atoms with E-state index in [9.17, 15) is 0 Å². The first kappa shape index (κ1) is 81.5. The molecule has 10 atom stereocenters. The van der Waals surface area contributed by atoms with Crippen LogP contribution < -0.4 is 9.80 Å². The van der Waals surface area contributed by atoms with Gasteiger partial charge in [0.2, 0.25) is 0 Å². The van der Waals surface area contributed by atoms with E-state index in [2.05, 4.69) is 478 Å². The van der Waals surface area contributed by atoms with E-state index >= 15 is 0 Å². The van der Waals surface area contributed by atoms with E-state index in [-0.39, 0.29) is 27.6 Å². The molecule has 6 heterocycles. The number of hydrogen-bond donors (Lipinski definition) is 0. The predicted molar refractivity (Wildman–Crippen MR) is 582 cm³/mol. The molecule has 4 aromatic heterocycles. The maximum atomic E-state index is 2.74. The Morgan fingerprint density at radius 1 is 0.326 bits per heavy atom. The Hall–Kier alpha value is -14.8. The lowest BCUT2D eigenvalue weighted by Gasteiger charge is -2.57. The number of nitrogens with zero attached hydrogens (tertiary/aromatic N) is 5. The Morgan fingerprint density at radius 3 is 1.48 bits per heavy atom. The molecule has 4 fully saturated rings. The Bertz CT molecular complexity index is 8640. The molecule has 22 aromatic rings. The highest BCUT2D eigenvalue weighted by atomic mass is 32.1. The van der Waals surface area contributed by atoms with E-state index in [1.54, 1.807) is 11.1 Å². The number of aromatic nitrogens is 3. The molecule has 6 heteroatoms. The van der Waals surface area contributed by atoms with E-state index < -0.39 is 0 Å². The molecule has 138 heavy (non-hydrogen) atoms. The van der Waals surface area contributed by atoms with E-state index in [0.717, 1.165) is 59.3 Å². The van der Waals surface area contributed by atoms with Crippen LogP contribution in [-0.2, 0) is 21.7 Å². The minimum absolute atomic E-state index is 0.00415. The van der Waals surface area contributed by atoms with Gasteiger partial charge in [0.05, 0.1) is 44.5 Å². The third kappa shape index (κ3) is 11.7. The van der Waals surface area contributed by atoms with Crippen molar-refractivity contribution in [3.05, 3.63) is 440 Å². The van der Waals surface area contributed by atoms with Crippen LogP contribution in [0.2, 0.25) is 0 Å². The summed E-state index contributed by atoms with van der Waals surface area (Å²) in [5.74, 6) is 3.60. The number of rotatable bonds is 15. The van der Waals surface area contributed by atoms with Crippen LogP contribution >= 0.6 is 11.3 Å². The van der Waals surface area contributed by atoms with E-state index in [1.165, 1.54) is 201 Å². The third-order valence-corrected chi connectivity index (χ3v) is 36.1. The van der Waals surface area contributed by atoms with Crippen LogP contribution in [0.15, 0.2) is 413 Å². The second kappa shape index (κ2) is 30.8. The standard InChI is InChI=1S/C132H107N5S/c1-82(2)72-96-81-131(113-41-18-24-47-121(113)136-118-44-21-14-36-107(118)111-78-102(79-115(131)127(111)136)133(101-31-26-30-91(75-101)85-28-8-7-9-29-85)97-68-58-90(59-69-97)103-32-10-11-33-104(103)108-39-27-49-124-125(108)110-38-16-25-48-123(110)138-124)84(4)80-129(96,5)92-60-50-86(51-61-92)87-52-62-98(63-53-87)134(99-64-54-88(55-65-99)89-56-66-100(67-57-89)135-116-42-19-12-34-105(116)106-35-13-20-43-117(106)135)122-71-70-114-128-126(122)109-37-15-22-45-119(109)137(128)120-46-23-17-40-112(120)130(6)93-76-94-73-83(3)74-95(77-93)132(94,114)130/h7-71,75,78-79,82-84,93-96H,72-74,76-77,80-81H2,1-6H3/t83?,84-,93?,94-,95+,96?,129+,130-,131?,132?/m0/s1. The Kier molecular flexibility index (Phi) is 18.2. The molecule has 0 radical (unpaired) electrons. The number of thiophene rings is 1. The Balaban J connectivity index is 0.555. The summed E-state index contributed by atoms with van der Waals surface area (Å²) in [5.41, 5.74) is 37.3. The van der Waals surface area contributed by atoms with Crippen molar-refractivity contribution in [3.63, 3.8) is 0 Å². The second-order valence-electron chi connectivity index (χ2n) is 42.3. The smallest absolute Gasteiger partial charge is 0.0600 e. The molecule has 4 aliphatic carbocycles. The summed E-state index contributed by atoms with van der Waals surface area (Å²) in [7, 11) is 0. The van der Waals surface area contributed by atoms with Gasteiger partial charge in [-0.25, -0.2) is 0 Å². The van der Waals surface area contributed by atoms with Gasteiger partial charge >= 0.3 is 0 Å². The quantitative estimate of drug-likeness (QED) is 0.102. The number of fused-ring (bicyclic) bond motifs is 18. The molecule has 2 bridgehead atoms. The van der Waals surface area contributed by atoms with Crippen molar-refractivity contribution >= 4 is 131 Å². The maximum Gasteiger partial charge on any atom is 0.0600 e. The largest absolute Gasteiger partial charge is 0.310 e. The van der Waals surface area contributed by atoms with Crippen molar-refractivity contribution in [1.82, 2.24) is 13.7 Å². The fourth-order valence-electron chi connectivity index (χ4n) is 29.4. The van der Waals surface area contributed by atoms with Crippen molar-refractivity contribution in [3.8, 4) is 72.7 Å². The van der Waals surface area contributed by atoms with Crippen molar-refractivity contribution in [2.45, 2.75) is 108 Å². The molecule has 0 saturated heterocycles. The first-order chi connectivity index (χ1) is 67.8. The average molecular weight is 1800 g/mol. The van der Waals surface area contributed by atoms with Gasteiger partial charge in [0.1, 0.15) is 0 Å². The summed E-state index contributed by atoms with van der Waals surface area (Å²) in [6.45, 7) is 15.5. The molecule has 6 aliphatic rings.